The van der Waals surface area contributed by atoms with Gasteiger partial charge in [0.05, 0.1) is 18.4 Å². The molecule has 0 saturated heterocycles. The summed E-state index contributed by atoms with van der Waals surface area (Å²) in [6.45, 7) is 4.69. The Bertz CT molecular complexity index is 933. The average Bonchev–Trinajstić information content (AvgIpc) is 2.91. The van der Waals surface area contributed by atoms with Gasteiger partial charge in [0.1, 0.15) is 5.75 Å². The predicted molar refractivity (Wildman–Crippen MR) is 105 cm³/mol. The molecule has 0 fully saturated rings. The highest BCUT2D eigenvalue weighted by Crippen LogP contribution is 2.28. The molecule has 1 aromatic heterocycles. The first kappa shape index (κ1) is 18.1. The predicted octanol–water partition coefficient (Wildman–Crippen LogP) is 5.07. The second-order valence-electron chi connectivity index (χ2n) is 6.16. The third-order valence-electron chi connectivity index (χ3n) is 4.41. The van der Waals surface area contributed by atoms with Crippen LogP contribution in [0.2, 0.25) is 5.02 Å². The number of carbonyl (C=O) groups excluding carboxylic acids is 1. The molecule has 5 heteroatoms. The highest BCUT2D eigenvalue weighted by Gasteiger charge is 2.17. The molecule has 0 bridgehead atoms. The lowest BCUT2D eigenvalue weighted by molar-refractivity contribution is 0.102. The Morgan fingerprint density at radius 3 is 2.54 bits per heavy atom. The third-order valence-corrected chi connectivity index (χ3v) is 4.65. The van der Waals surface area contributed by atoms with Crippen LogP contribution in [0.25, 0.3) is 0 Å². The topological polar surface area (TPSA) is 43.3 Å². The Morgan fingerprint density at radius 2 is 1.85 bits per heavy atom. The molecule has 2 aromatic carbocycles. The van der Waals surface area contributed by atoms with Gasteiger partial charge in [0.2, 0.25) is 0 Å². The van der Waals surface area contributed by atoms with E-state index in [0.717, 1.165) is 17.9 Å². The lowest BCUT2D eigenvalue weighted by atomic mass is 10.2. The molecule has 4 nitrogen and oxygen atoms in total. The molecular weight excluding hydrogens is 348 g/mol. The van der Waals surface area contributed by atoms with E-state index in [9.17, 15) is 4.79 Å². The van der Waals surface area contributed by atoms with Crippen LogP contribution in [0.1, 0.15) is 27.3 Å². The first-order valence-electron chi connectivity index (χ1n) is 8.35. The standard InChI is InChI=1S/C21H21ClN2O2/c1-14-11-18(15(2)24(14)13-16-7-5-4-6-8-16)21(25)23-19-12-17(22)9-10-20(19)26-3/h4-12H,13H2,1-3H3,(H,23,25). The number of ether oxygens (including phenoxy) is 1. The lowest BCUT2D eigenvalue weighted by Crippen LogP contribution is -2.14. The summed E-state index contributed by atoms with van der Waals surface area (Å²) in [5.41, 5.74) is 4.34. The number of amides is 1. The van der Waals surface area contributed by atoms with Crippen molar-refractivity contribution in [1.29, 1.82) is 0 Å². The van der Waals surface area contributed by atoms with E-state index >= 15 is 0 Å². The summed E-state index contributed by atoms with van der Waals surface area (Å²) < 4.78 is 7.44. The third kappa shape index (κ3) is 3.75. The first-order valence-corrected chi connectivity index (χ1v) is 8.73. The molecule has 1 heterocycles. The molecule has 0 atom stereocenters. The number of halogens is 1. The Labute approximate surface area is 158 Å². The second-order valence-corrected chi connectivity index (χ2v) is 6.59. The summed E-state index contributed by atoms with van der Waals surface area (Å²) in [6.07, 6.45) is 0. The van der Waals surface area contributed by atoms with Crippen LogP contribution in [0.4, 0.5) is 5.69 Å². The summed E-state index contributed by atoms with van der Waals surface area (Å²) >= 11 is 6.04. The molecule has 134 valence electrons. The number of nitrogens with one attached hydrogen (secondary N) is 1. The van der Waals surface area contributed by atoms with Gasteiger partial charge in [-0.05, 0) is 43.7 Å². The average molecular weight is 369 g/mol. The molecule has 0 radical (unpaired) electrons. The van der Waals surface area contributed by atoms with E-state index in [1.165, 1.54) is 5.56 Å². The van der Waals surface area contributed by atoms with Crippen molar-refractivity contribution in [3.05, 3.63) is 82.1 Å². The molecule has 1 N–H and O–H groups in total. The van der Waals surface area contributed by atoms with E-state index in [4.69, 9.17) is 16.3 Å². The van der Waals surface area contributed by atoms with Crippen LogP contribution in [0.15, 0.2) is 54.6 Å². The summed E-state index contributed by atoms with van der Waals surface area (Å²) in [4.78, 5) is 12.8. The minimum absolute atomic E-state index is 0.182. The number of nitrogens with zero attached hydrogens (tertiary/aromatic N) is 1. The van der Waals surface area contributed by atoms with Crippen molar-refractivity contribution in [2.24, 2.45) is 0 Å². The maximum absolute atomic E-state index is 12.8. The molecule has 26 heavy (non-hydrogen) atoms. The van der Waals surface area contributed by atoms with E-state index in [-0.39, 0.29) is 5.91 Å². The Morgan fingerprint density at radius 1 is 1.12 bits per heavy atom. The van der Waals surface area contributed by atoms with Crippen LogP contribution < -0.4 is 10.1 Å². The fraction of sp³-hybridized carbons (Fsp3) is 0.190. The van der Waals surface area contributed by atoms with Crippen molar-refractivity contribution in [2.45, 2.75) is 20.4 Å². The highest BCUT2D eigenvalue weighted by atomic mass is 35.5. The highest BCUT2D eigenvalue weighted by molar-refractivity contribution is 6.31. The van der Waals surface area contributed by atoms with Gasteiger partial charge in [0, 0.05) is 23.0 Å². The van der Waals surface area contributed by atoms with Gasteiger partial charge in [-0.3, -0.25) is 4.79 Å². The SMILES string of the molecule is COc1ccc(Cl)cc1NC(=O)c1cc(C)n(Cc2ccccc2)c1C. The fourth-order valence-electron chi connectivity index (χ4n) is 3.01. The van der Waals surface area contributed by atoms with Gasteiger partial charge >= 0.3 is 0 Å². The number of aryl methyl sites for hydroxylation is 1. The second kappa shape index (κ2) is 7.67. The van der Waals surface area contributed by atoms with Gasteiger partial charge in [-0.1, -0.05) is 41.9 Å². The molecule has 0 unspecified atom stereocenters. The van der Waals surface area contributed by atoms with Crippen molar-refractivity contribution >= 4 is 23.2 Å². The number of benzene rings is 2. The van der Waals surface area contributed by atoms with Crippen molar-refractivity contribution in [2.75, 3.05) is 12.4 Å². The molecule has 0 aliphatic heterocycles. The minimum atomic E-state index is -0.182. The number of hydrogen-bond acceptors (Lipinski definition) is 2. The number of carbonyl (C=O) groups is 1. The van der Waals surface area contributed by atoms with E-state index in [2.05, 4.69) is 22.0 Å². The largest absolute Gasteiger partial charge is 0.495 e. The van der Waals surface area contributed by atoms with Crippen LogP contribution in [0.3, 0.4) is 0 Å². The van der Waals surface area contributed by atoms with E-state index in [1.807, 2.05) is 38.1 Å². The molecule has 3 rings (SSSR count). The van der Waals surface area contributed by atoms with Gasteiger partial charge in [0.15, 0.2) is 0 Å². The van der Waals surface area contributed by atoms with Crippen LogP contribution in [-0.4, -0.2) is 17.6 Å². The fourth-order valence-corrected chi connectivity index (χ4v) is 3.18. The smallest absolute Gasteiger partial charge is 0.257 e. The van der Waals surface area contributed by atoms with Crippen molar-refractivity contribution in [1.82, 2.24) is 4.57 Å². The molecule has 0 saturated carbocycles. The van der Waals surface area contributed by atoms with E-state index < -0.39 is 0 Å². The number of aromatic nitrogens is 1. The van der Waals surface area contributed by atoms with Gasteiger partial charge in [-0.15, -0.1) is 0 Å². The lowest BCUT2D eigenvalue weighted by Gasteiger charge is -2.12. The number of hydrogen-bond donors (Lipinski definition) is 1. The van der Waals surface area contributed by atoms with E-state index in [1.54, 1.807) is 25.3 Å². The molecule has 1 amide bonds. The van der Waals surface area contributed by atoms with Crippen molar-refractivity contribution in [3.63, 3.8) is 0 Å². The molecule has 0 aliphatic carbocycles. The normalized spacial score (nSPS) is 10.6. The molecular formula is C21H21ClN2O2. The summed E-state index contributed by atoms with van der Waals surface area (Å²) in [7, 11) is 1.56. The summed E-state index contributed by atoms with van der Waals surface area (Å²) in [5.74, 6) is 0.388. The summed E-state index contributed by atoms with van der Waals surface area (Å²) in [5, 5.41) is 3.44. The number of rotatable bonds is 5. The zero-order chi connectivity index (χ0) is 18.7. The molecule has 3 aromatic rings. The van der Waals surface area contributed by atoms with Crippen LogP contribution >= 0.6 is 11.6 Å². The van der Waals surface area contributed by atoms with Gasteiger partial charge in [-0.2, -0.15) is 0 Å². The molecule has 0 aliphatic rings. The van der Waals surface area contributed by atoms with Crippen LogP contribution in [0.5, 0.6) is 5.75 Å². The number of anilines is 1. The van der Waals surface area contributed by atoms with Crippen LogP contribution in [0, 0.1) is 13.8 Å². The molecule has 0 spiro atoms. The Balaban J connectivity index is 1.87. The maximum atomic E-state index is 12.8. The van der Waals surface area contributed by atoms with Gasteiger partial charge in [-0.25, -0.2) is 0 Å². The van der Waals surface area contributed by atoms with Gasteiger partial charge < -0.3 is 14.6 Å². The zero-order valence-electron chi connectivity index (χ0n) is 15.0. The minimum Gasteiger partial charge on any atom is -0.495 e. The monoisotopic (exact) mass is 368 g/mol. The van der Waals surface area contributed by atoms with E-state index in [0.29, 0.717) is 22.0 Å². The summed E-state index contributed by atoms with van der Waals surface area (Å²) in [6, 6.07) is 17.2. The van der Waals surface area contributed by atoms with Crippen molar-refractivity contribution < 1.29 is 9.53 Å². The Hall–Kier alpha value is -2.72. The van der Waals surface area contributed by atoms with Gasteiger partial charge in [0.25, 0.3) is 5.91 Å². The maximum Gasteiger partial charge on any atom is 0.257 e. The number of methoxy groups -OCH3 is 1. The Kier molecular flexibility index (Phi) is 5.33. The van der Waals surface area contributed by atoms with Crippen molar-refractivity contribution in [3.8, 4) is 5.75 Å². The van der Waals surface area contributed by atoms with Crippen LogP contribution in [-0.2, 0) is 6.54 Å². The quantitative estimate of drug-likeness (QED) is 0.683. The zero-order valence-corrected chi connectivity index (χ0v) is 15.8. The first-order chi connectivity index (χ1) is 12.5.